The third kappa shape index (κ3) is 4.77. The van der Waals surface area contributed by atoms with Crippen molar-refractivity contribution in [1.29, 1.82) is 0 Å². The first-order valence-electron chi connectivity index (χ1n) is 8.49. The molecule has 2 nitrogen and oxygen atoms in total. The minimum Gasteiger partial charge on any atom is -0.363 e. The Morgan fingerprint density at radius 1 is 1.28 bits per heavy atom. The summed E-state index contributed by atoms with van der Waals surface area (Å²) >= 11 is 8.12. The highest BCUT2D eigenvalue weighted by atomic mass is 35.5. The zero-order valence-corrected chi connectivity index (χ0v) is 16.1. The molecule has 3 rings (SSSR count). The molecule has 0 saturated carbocycles. The smallest absolute Gasteiger partial charge is 0.124 e. The van der Waals surface area contributed by atoms with Gasteiger partial charge in [-0.25, -0.2) is 9.38 Å². The molecule has 2 aromatic rings. The van der Waals surface area contributed by atoms with Gasteiger partial charge < -0.3 is 4.90 Å². The van der Waals surface area contributed by atoms with E-state index in [1.165, 1.54) is 17.2 Å². The Bertz CT molecular complexity index is 791. The maximum Gasteiger partial charge on any atom is 0.124 e. The standard InChI is InChI=1S/C20H22ClFN2S/c1-14-11-19(23-20-7-4-9-24(20)2)18(21)12-15(14)8-10-25-17-6-3-5-16(22)13-17/h3,5-6,11-13H,4,7-10H2,1-2H3. The Morgan fingerprint density at radius 3 is 2.84 bits per heavy atom. The number of halogens is 2. The molecule has 1 heterocycles. The van der Waals surface area contributed by atoms with Gasteiger partial charge >= 0.3 is 0 Å². The zero-order valence-electron chi connectivity index (χ0n) is 14.6. The molecule has 132 valence electrons. The van der Waals surface area contributed by atoms with Crippen molar-refractivity contribution in [3.05, 3.63) is 58.4 Å². The highest BCUT2D eigenvalue weighted by Gasteiger charge is 2.15. The second-order valence-electron chi connectivity index (χ2n) is 6.34. The predicted octanol–water partition coefficient (Wildman–Crippen LogP) is 5.88. The molecule has 1 fully saturated rings. The first-order valence-corrected chi connectivity index (χ1v) is 9.85. The molecule has 0 spiro atoms. The molecule has 0 aromatic heterocycles. The largest absolute Gasteiger partial charge is 0.363 e. The summed E-state index contributed by atoms with van der Waals surface area (Å²) in [5.41, 5.74) is 3.27. The Hall–Kier alpha value is -1.52. The summed E-state index contributed by atoms with van der Waals surface area (Å²) in [5, 5.41) is 0.698. The van der Waals surface area contributed by atoms with Crippen molar-refractivity contribution >= 4 is 34.9 Å². The molecule has 0 bridgehead atoms. The van der Waals surface area contributed by atoms with Gasteiger partial charge in [0.1, 0.15) is 11.7 Å². The van der Waals surface area contributed by atoms with Crippen molar-refractivity contribution in [2.24, 2.45) is 4.99 Å². The van der Waals surface area contributed by atoms with E-state index in [0.717, 1.165) is 48.0 Å². The van der Waals surface area contributed by atoms with Crippen LogP contribution >= 0.6 is 23.4 Å². The van der Waals surface area contributed by atoms with Crippen molar-refractivity contribution in [3.63, 3.8) is 0 Å². The fraction of sp³-hybridized carbons (Fsp3) is 0.350. The van der Waals surface area contributed by atoms with Gasteiger partial charge in [-0.2, -0.15) is 0 Å². The average molecular weight is 377 g/mol. The van der Waals surface area contributed by atoms with Crippen LogP contribution in [-0.2, 0) is 6.42 Å². The van der Waals surface area contributed by atoms with E-state index in [2.05, 4.69) is 24.9 Å². The average Bonchev–Trinajstić information content (AvgIpc) is 2.97. The van der Waals surface area contributed by atoms with E-state index in [9.17, 15) is 4.39 Å². The summed E-state index contributed by atoms with van der Waals surface area (Å²) < 4.78 is 13.2. The number of benzene rings is 2. The lowest BCUT2D eigenvalue weighted by atomic mass is 10.1. The second-order valence-corrected chi connectivity index (χ2v) is 7.91. The first-order chi connectivity index (χ1) is 12.0. The van der Waals surface area contributed by atoms with Gasteiger partial charge in [-0.3, -0.25) is 0 Å². The summed E-state index contributed by atoms with van der Waals surface area (Å²) in [4.78, 5) is 7.89. The van der Waals surface area contributed by atoms with Crippen molar-refractivity contribution < 1.29 is 4.39 Å². The lowest BCUT2D eigenvalue weighted by molar-refractivity contribution is 0.550. The van der Waals surface area contributed by atoms with E-state index in [1.807, 2.05) is 12.1 Å². The van der Waals surface area contributed by atoms with Crippen LogP contribution in [0, 0.1) is 12.7 Å². The molecule has 0 amide bonds. The summed E-state index contributed by atoms with van der Waals surface area (Å²) in [6, 6.07) is 10.8. The molecule has 2 aromatic carbocycles. The van der Waals surface area contributed by atoms with Crippen LogP contribution in [0.2, 0.25) is 5.02 Å². The highest BCUT2D eigenvalue weighted by molar-refractivity contribution is 7.99. The Labute approximate surface area is 158 Å². The van der Waals surface area contributed by atoms with Gasteiger partial charge in [0.05, 0.1) is 10.7 Å². The molecule has 0 aliphatic carbocycles. The molecule has 0 unspecified atom stereocenters. The SMILES string of the molecule is Cc1cc(N=C2CCCN2C)c(Cl)cc1CCSc1cccc(F)c1. The van der Waals surface area contributed by atoms with Crippen LogP contribution in [0.4, 0.5) is 10.1 Å². The number of hydrogen-bond donors (Lipinski definition) is 0. The molecule has 0 atom stereocenters. The van der Waals surface area contributed by atoms with Crippen molar-refractivity contribution in [2.45, 2.75) is 31.1 Å². The van der Waals surface area contributed by atoms with Crippen molar-refractivity contribution in [2.75, 3.05) is 19.3 Å². The topological polar surface area (TPSA) is 15.6 Å². The van der Waals surface area contributed by atoms with Crippen molar-refractivity contribution in [3.8, 4) is 0 Å². The molecule has 1 aliphatic rings. The van der Waals surface area contributed by atoms with Crippen LogP contribution in [0.15, 0.2) is 46.3 Å². The van der Waals surface area contributed by atoms with Gasteiger partial charge in [0.15, 0.2) is 0 Å². The molecular weight excluding hydrogens is 355 g/mol. The van der Waals surface area contributed by atoms with Gasteiger partial charge in [0.2, 0.25) is 0 Å². The fourth-order valence-electron chi connectivity index (χ4n) is 2.97. The quantitative estimate of drug-likeness (QED) is 0.605. The van der Waals surface area contributed by atoms with E-state index >= 15 is 0 Å². The van der Waals surface area contributed by atoms with Gasteiger partial charge in [-0.15, -0.1) is 11.8 Å². The normalized spacial score (nSPS) is 16.0. The lowest BCUT2D eigenvalue weighted by Crippen LogP contribution is -2.18. The molecule has 0 N–H and O–H groups in total. The van der Waals surface area contributed by atoms with Crippen LogP contribution in [0.5, 0.6) is 0 Å². The minimum atomic E-state index is -0.190. The first kappa shape index (κ1) is 18.3. The molecular formula is C20H22ClFN2S. The van der Waals surface area contributed by atoms with E-state index < -0.39 is 0 Å². The number of rotatable bonds is 5. The number of nitrogens with zero attached hydrogens (tertiary/aromatic N) is 2. The molecule has 1 aliphatic heterocycles. The second kappa shape index (κ2) is 8.24. The number of thioether (sulfide) groups is 1. The van der Waals surface area contributed by atoms with Crippen LogP contribution in [0.1, 0.15) is 24.0 Å². The summed E-state index contributed by atoms with van der Waals surface area (Å²) in [6.45, 7) is 3.16. The van der Waals surface area contributed by atoms with Crippen LogP contribution in [-0.4, -0.2) is 30.1 Å². The molecule has 0 radical (unpaired) electrons. The number of aryl methyl sites for hydroxylation is 2. The fourth-order valence-corrected chi connectivity index (χ4v) is 4.13. The van der Waals surface area contributed by atoms with E-state index in [-0.39, 0.29) is 5.82 Å². The summed E-state index contributed by atoms with van der Waals surface area (Å²) in [5.74, 6) is 1.80. The number of amidine groups is 1. The third-order valence-electron chi connectivity index (χ3n) is 4.43. The predicted molar refractivity (Wildman–Crippen MR) is 106 cm³/mol. The number of likely N-dealkylation sites (tertiary alicyclic amines) is 1. The third-order valence-corrected chi connectivity index (χ3v) is 5.72. The van der Waals surface area contributed by atoms with E-state index in [0.29, 0.717) is 5.02 Å². The van der Waals surface area contributed by atoms with Gasteiger partial charge in [-0.1, -0.05) is 17.7 Å². The Balaban J connectivity index is 1.67. The number of aliphatic imine (C=N–C) groups is 1. The molecule has 1 saturated heterocycles. The Morgan fingerprint density at radius 2 is 2.12 bits per heavy atom. The Kier molecular flexibility index (Phi) is 6.02. The lowest BCUT2D eigenvalue weighted by Gasteiger charge is -2.13. The maximum atomic E-state index is 13.2. The van der Waals surface area contributed by atoms with Crippen LogP contribution in [0.3, 0.4) is 0 Å². The minimum absolute atomic E-state index is 0.190. The number of hydrogen-bond acceptors (Lipinski definition) is 2. The zero-order chi connectivity index (χ0) is 17.8. The monoisotopic (exact) mass is 376 g/mol. The van der Waals surface area contributed by atoms with Gasteiger partial charge in [-0.05, 0) is 61.2 Å². The van der Waals surface area contributed by atoms with Crippen LogP contribution in [0.25, 0.3) is 0 Å². The molecule has 25 heavy (non-hydrogen) atoms. The van der Waals surface area contributed by atoms with Crippen molar-refractivity contribution in [1.82, 2.24) is 4.90 Å². The molecule has 5 heteroatoms. The van der Waals surface area contributed by atoms with E-state index in [1.54, 1.807) is 23.9 Å². The highest BCUT2D eigenvalue weighted by Crippen LogP contribution is 2.31. The summed E-state index contributed by atoms with van der Waals surface area (Å²) in [7, 11) is 2.07. The van der Waals surface area contributed by atoms with E-state index in [4.69, 9.17) is 16.6 Å². The van der Waals surface area contributed by atoms with Gasteiger partial charge in [0.25, 0.3) is 0 Å². The van der Waals surface area contributed by atoms with Gasteiger partial charge in [0, 0.05) is 30.7 Å². The summed E-state index contributed by atoms with van der Waals surface area (Å²) in [6.07, 6.45) is 3.06. The maximum absolute atomic E-state index is 13.2. The van der Waals surface area contributed by atoms with Crippen LogP contribution < -0.4 is 0 Å².